The van der Waals surface area contributed by atoms with Gasteiger partial charge in [-0.15, -0.1) is 0 Å². The highest BCUT2D eigenvalue weighted by molar-refractivity contribution is 5.99. The summed E-state index contributed by atoms with van der Waals surface area (Å²) in [6.07, 6.45) is -1.45. The van der Waals surface area contributed by atoms with Crippen LogP contribution in [0.25, 0.3) is 0 Å². The molecule has 0 aliphatic carbocycles. The number of carbonyl (C=O) groups is 2. The minimum absolute atomic E-state index is 0.379. The van der Waals surface area contributed by atoms with Crippen molar-refractivity contribution in [2.45, 2.75) is 51.6 Å². The highest BCUT2D eigenvalue weighted by Crippen LogP contribution is 2.23. The summed E-state index contributed by atoms with van der Waals surface area (Å²) in [5.74, 6) is -0.798. The van der Waals surface area contributed by atoms with Gasteiger partial charge in [-0.05, 0) is 20.3 Å². The second-order valence-electron chi connectivity index (χ2n) is 4.71. The molecule has 0 aromatic carbocycles. The monoisotopic (exact) mass is 248 g/mol. The van der Waals surface area contributed by atoms with E-state index in [0.717, 1.165) is 4.90 Å². The Bertz CT molecular complexity index is 319. The Morgan fingerprint density at radius 3 is 2.47 bits per heavy atom. The molecule has 1 aliphatic rings. The number of hydrogen-bond acceptors (Lipinski definition) is 2. The summed E-state index contributed by atoms with van der Waals surface area (Å²) in [5, 5.41) is 2.59. The number of alkyl halides is 2. The Labute approximate surface area is 99.3 Å². The number of hydrogen-bond donors (Lipinski definition) is 1. The molecule has 98 valence electrons. The van der Waals surface area contributed by atoms with Gasteiger partial charge >= 0.3 is 0 Å². The van der Waals surface area contributed by atoms with Gasteiger partial charge in [-0.1, -0.05) is 13.3 Å². The maximum Gasteiger partial charge on any atom is 0.255 e. The van der Waals surface area contributed by atoms with Gasteiger partial charge in [-0.25, -0.2) is 8.78 Å². The van der Waals surface area contributed by atoms with E-state index < -0.39 is 30.5 Å². The molecule has 0 radical (unpaired) electrons. The van der Waals surface area contributed by atoms with Crippen molar-refractivity contribution < 1.29 is 18.4 Å². The Hall–Kier alpha value is -1.20. The average molecular weight is 248 g/mol. The van der Waals surface area contributed by atoms with Gasteiger partial charge in [0, 0.05) is 0 Å². The summed E-state index contributed by atoms with van der Waals surface area (Å²) >= 11 is 0. The largest absolute Gasteiger partial charge is 0.342 e. The fourth-order valence-electron chi connectivity index (χ4n) is 1.92. The van der Waals surface area contributed by atoms with Crippen LogP contribution in [-0.2, 0) is 9.59 Å². The van der Waals surface area contributed by atoms with Crippen molar-refractivity contribution in [1.29, 1.82) is 0 Å². The molecular formula is C11H18F2N2O2. The number of rotatable bonds is 4. The summed E-state index contributed by atoms with van der Waals surface area (Å²) in [6.45, 7) is 4.13. The Balaban J connectivity index is 2.93. The summed E-state index contributed by atoms with van der Waals surface area (Å²) in [6, 6.07) is -0.667. The Kier molecular flexibility index (Phi) is 4.06. The first-order valence-electron chi connectivity index (χ1n) is 5.71. The van der Waals surface area contributed by atoms with E-state index in [9.17, 15) is 18.4 Å². The van der Waals surface area contributed by atoms with Gasteiger partial charge in [0.15, 0.2) is 0 Å². The van der Waals surface area contributed by atoms with E-state index in [0.29, 0.717) is 12.8 Å². The number of nitrogens with one attached hydrogen (secondary N) is 1. The van der Waals surface area contributed by atoms with Crippen LogP contribution in [0, 0.1) is 0 Å². The molecule has 4 nitrogen and oxygen atoms in total. The number of piperazine rings is 1. The molecule has 17 heavy (non-hydrogen) atoms. The molecule has 0 aromatic heterocycles. The normalized spacial score (nSPS) is 24.1. The van der Waals surface area contributed by atoms with Crippen LogP contribution >= 0.6 is 0 Å². The van der Waals surface area contributed by atoms with E-state index >= 15 is 0 Å². The molecule has 6 heteroatoms. The van der Waals surface area contributed by atoms with Gasteiger partial charge in [0.2, 0.25) is 11.8 Å². The zero-order chi connectivity index (χ0) is 13.2. The van der Waals surface area contributed by atoms with Gasteiger partial charge in [-0.2, -0.15) is 0 Å². The molecule has 0 aromatic rings. The molecule has 1 atom stereocenters. The highest BCUT2D eigenvalue weighted by Gasteiger charge is 2.46. The first-order chi connectivity index (χ1) is 7.80. The second-order valence-corrected chi connectivity index (χ2v) is 4.71. The van der Waals surface area contributed by atoms with Crippen LogP contribution in [0.15, 0.2) is 0 Å². The van der Waals surface area contributed by atoms with E-state index in [-0.39, 0.29) is 5.91 Å². The maximum atomic E-state index is 12.5. The maximum absolute atomic E-state index is 12.5. The molecule has 2 amide bonds. The van der Waals surface area contributed by atoms with Gasteiger partial charge in [0.05, 0.1) is 6.54 Å². The average Bonchev–Trinajstić information content (AvgIpc) is 2.22. The van der Waals surface area contributed by atoms with Crippen LogP contribution in [0.5, 0.6) is 0 Å². The summed E-state index contributed by atoms with van der Waals surface area (Å²) in [4.78, 5) is 24.8. The molecular weight excluding hydrogens is 230 g/mol. The minimum atomic E-state index is -2.63. The Morgan fingerprint density at radius 1 is 1.41 bits per heavy atom. The van der Waals surface area contributed by atoms with Crippen LogP contribution in [0.3, 0.4) is 0 Å². The van der Waals surface area contributed by atoms with E-state index in [2.05, 4.69) is 5.32 Å². The van der Waals surface area contributed by atoms with Gasteiger partial charge in [-0.3, -0.25) is 9.59 Å². The van der Waals surface area contributed by atoms with Crippen molar-refractivity contribution in [3.63, 3.8) is 0 Å². The molecule has 1 saturated heterocycles. The van der Waals surface area contributed by atoms with Crippen molar-refractivity contribution in [3.8, 4) is 0 Å². The SMILES string of the molecule is CCCC1NC(=O)C(C)(C)N(CC(F)F)C1=O. The summed E-state index contributed by atoms with van der Waals surface area (Å²) < 4.78 is 24.9. The fourth-order valence-corrected chi connectivity index (χ4v) is 1.92. The van der Waals surface area contributed by atoms with Crippen LogP contribution in [-0.4, -0.2) is 41.3 Å². The van der Waals surface area contributed by atoms with Crippen molar-refractivity contribution >= 4 is 11.8 Å². The van der Waals surface area contributed by atoms with Crippen molar-refractivity contribution in [2.75, 3.05) is 6.54 Å². The third kappa shape index (κ3) is 2.73. The van der Waals surface area contributed by atoms with Gasteiger partial charge < -0.3 is 10.2 Å². The summed E-state index contributed by atoms with van der Waals surface area (Å²) in [5.41, 5.74) is -1.21. The number of amides is 2. The van der Waals surface area contributed by atoms with Crippen molar-refractivity contribution in [2.24, 2.45) is 0 Å². The second kappa shape index (κ2) is 4.98. The van der Waals surface area contributed by atoms with Crippen LogP contribution in [0.2, 0.25) is 0 Å². The zero-order valence-corrected chi connectivity index (χ0v) is 10.3. The Morgan fingerprint density at radius 2 is 2.00 bits per heavy atom. The first-order valence-corrected chi connectivity index (χ1v) is 5.71. The first kappa shape index (κ1) is 13.9. The molecule has 0 saturated carbocycles. The quantitative estimate of drug-likeness (QED) is 0.811. The van der Waals surface area contributed by atoms with Gasteiger partial charge in [0.1, 0.15) is 11.6 Å². The zero-order valence-electron chi connectivity index (χ0n) is 10.3. The molecule has 1 N–H and O–H groups in total. The highest BCUT2D eigenvalue weighted by atomic mass is 19.3. The third-order valence-corrected chi connectivity index (χ3v) is 3.00. The molecule has 1 unspecified atom stereocenters. The summed E-state index contributed by atoms with van der Waals surface area (Å²) in [7, 11) is 0. The lowest BCUT2D eigenvalue weighted by Crippen LogP contribution is -2.68. The fraction of sp³-hybridized carbons (Fsp3) is 0.818. The van der Waals surface area contributed by atoms with Gasteiger partial charge in [0.25, 0.3) is 6.43 Å². The predicted molar refractivity (Wildman–Crippen MR) is 58.6 cm³/mol. The lowest BCUT2D eigenvalue weighted by molar-refractivity contribution is -0.157. The molecule has 1 heterocycles. The molecule has 1 rings (SSSR count). The van der Waals surface area contributed by atoms with Crippen molar-refractivity contribution in [3.05, 3.63) is 0 Å². The third-order valence-electron chi connectivity index (χ3n) is 3.00. The lowest BCUT2D eigenvalue weighted by atomic mass is 9.94. The molecule has 1 aliphatic heterocycles. The number of halogens is 2. The van der Waals surface area contributed by atoms with E-state index in [1.165, 1.54) is 13.8 Å². The standard InChI is InChI=1S/C11H18F2N2O2/c1-4-5-7-9(16)15(6-8(12)13)11(2,3)10(17)14-7/h7-8H,4-6H2,1-3H3,(H,14,17). The molecule has 1 fully saturated rings. The van der Waals surface area contributed by atoms with E-state index in [1.807, 2.05) is 6.92 Å². The number of nitrogens with zero attached hydrogens (tertiary/aromatic N) is 1. The lowest BCUT2D eigenvalue weighted by Gasteiger charge is -2.44. The van der Waals surface area contributed by atoms with E-state index in [4.69, 9.17) is 0 Å². The van der Waals surface area contributed by atoms with Crippen LogP contribution < -0.4 is 5.32 Å². The minimum Gasteiger partial charge on any atom is -0.342 e. The number of carbonyl (C=O) groups excluding carboxylic acids is 2. The molecule has 0 spiro atoms. The van der Waals surface area contributed by atoms with Crippen LogP contribution in [0.4, 0.5) is 8.78 Å². The topological polar surface area (TPSA) is 49.4 Å². The molecule has 0 bridgehead atoms. The van der Waals surface area contributed by atoms with Crippen LogP contribution in [0.1, 0.15) is 33.6 Å². The smallest absolute Gasteiger partial charge is 0.255 e. The van der Waals surface area contributed by atoms with E-state index in [1.54, 1.807) is 0 Å². The predicted octanol–water partition coefficient (Wildman–Crippen LogP) is 1.16. The van der Waals surface area contributed by atoms with Crippen molar-refractivity contribution in [1.82, 2.24) is 10.2 Å².